The Morgan fingerprint density at radius 1 is 1.35 bits per heavy atom. The lowest BCUT2D eigenvalue weighted by Crippen LogP contribution is -2.38. The van der Waals surface area contributed by atoms with Crippen LogP contribution in [0.3, 0.4) is 0 Å². The molecule has 0 unspecified atom stereocenters. The van der Waals surface area contributed by atoms with Crippen molar-refractivity contribution in [1.29, 1.82) is 0 Å². The number of nitrogens with zero attached hydrogens (tertiary/aromatic N) is 4. The van der Waals surface area contributed by atoms with E-state index in [0.29, 0.717) is 19.1 Å². The molecule has 2 aliphatic rings. The molecule has 0 aliphatic carbocycles. The second-order valence-corrected chi connectivity index (χ2v) is 5.79. The molecule has 0 aromatic carbocycles. The van der Waals surface area contributed by atoms with Gasteiger partial charge in [-0.25, -0.2) is 4.79 Å². The van der Waals surface area contributed by atoms with Crippen molar-refractivity contribution in [2.75, 3.05) is 31.5 Å². The van der Waals surface area contributed by atoms with Crippen LogP contribution in [0.15, 0.2) is 24.5 Å². The number of anilines is 1. The minimum Gasteiger partial charge on any atom is -0.323 e. The third-order valence-corrected chi connectivity index (χ3v) is 4.04. The van der Waals surface area contributed by atoms with Gasteiger partial charge in [0.2, 0.25) is 0 Å². The number of amides is 2. The summed E-state index contributed by atoms with van der Waals surface area (Å²) < 4.78 is 37.6. The molecule has 1 aromatic rings. The van der Waals surface area contributed by atoms with Crippen LogP contribution in [0.4, 0.5) is 23.7 Å². The van der Waals surface area contributed by atoms with Gasteiger partial charge in [-0.3, -0.25) is 9.58 Å². The molecule has 9 heteroatoms. The molecule has 0 saturated carbocycles. The van der Waals surface area contributed by atoms with Crippen LogP contribution in [0.25, 0.3) is 0 Å². The zero-order valence-electron chi connectivity index (χ0n) is 12.5. The van der Waals surface area contributed by atoms with E-state index in [0.717, 1.165) is 24.2 Å². The SMILES string of the molecule is O=C(Nc1cnn(CC(F)(F)F)c1)N1CC[C@H](N2CC=CC2)C1. The van der Waals surface area contributed by atoms with E-state index in [4.69, 9.17) is 0 Å². The highest BCUT2D eigenvalue weighted by Gasteiger charge is 2.31. The van der Waals surface area contributed by atoms with Gasteiger partial charge in [0.15, 0.2) is 0 Å². The molecule has 23 heavy (non-hydrogen) atoms. The molecule has 2 aliphatic heterocycles. The van der Waals surface area contributed by atoms with E-state index in [2.05, 4.69) is 27.5 Å². The minimum atomic E-state index is -4.33. The topological polar surface area (TPSA) is 53.4 Å². The molecule has 6 nitrogen and oxygen atoms in total. The fraction of sp³-hybridized carbons (Fsp3) is 0.571. The summed E-state index contributed by atoms with van der Waals surface area (Å²) in [7, 11) is 0. The second kappa shape index (κ2) is 6.23. The monoisotopic (exact) mass is 329 g/mol. The molecule has 1 atom stereocenters. The van der Waals surface area contributed by atoms with Crippen molar-refractivity contribution in [3.8, 4) is 0 Å². The van der Waals surface area contributed by atoms with E-state index in [1.807, 2.05) is 0 Å². The molecule has 0 radical (unpaired) electrons. The van der Waals surface area contributed by atoms with E-state index in [1.165, 1.54) is 12.4 Å². The van der Waals surface area contributed by atoms with Crippen molar-refractivity contribution in [3.05, 3.63) is 24.5 Å². The van der Waals surface area contributed by atoms with E-state index in [1.54, 1.807) is 4.90 Å². The van der Waals surface area contributed by atoms with Crippen LogP contribution in [0.1, 0.15) is 6.42 Å². The number of urea groups is 1. The smallest absolute Gasteiger partial charge is 0.323 e. The maximum Gasteiger partial charge on any atom is 0.408 e. The third-order valence-electron chi connectivity index (χ3n) is 4.04. The third kappa shape index (κ3) is 4.04. The van der Waals surface area contributed by atoms with Crippen LogP contribution in [-0.2, 0) is 6.54 Å². The Morgan fingerprint density at radius 2 is 2.09 bits per heavy atom. The molecule has 0 bridgehead atoms. The molecule has 3 rings (SSSR count). The number of carbonyl (C=O) groups excluding carboxylic acids is 1. The molecule has 1 saturated heterocycles. The summed E-state index contributed by atoms with van der Waals surface area (Å²) in [5.74, 6) is 0. The van der Waals surface area contributed by atoms with Gasteiger partial charge in [-0.05, 0) is 6.42 Å². The van der Waals surface area contributed by atoms with Gasteiger partial charge < -0.3 is 10.2 Å². The van der Waals surface area contributed by atoms with E-state index in [-0.39, 0.29) is 11.7 Å². The zero-order chi connectivity index (χ0) is 16.4. The highest BCUT2D eigenvalue weighted by molar-refractivity contribution is 5.89. The Morgan fingerprint density at radius 3 is 2.78 bits per heavy atom. The largest absolute Gasteiger partial charge is 0.408 e. The summed E-state index contributed by atoms with van der Waals surface area (Å²) in [4.78, 5) is 16.2. The van der Waals surface area contributed by atoms with Gasteiger partial charge in [0.1, 0.15) is 6.54 Å². The lowest BCUT2D eigenvalue weighted by Gasteiger charge is -2.23. The van der Waals surface area contributed by atoms with Crippen molar-refractivity contribution in [2.24, 2.45) is 0 Å². The number of hydrogen-bond acceptors (Lipinski definition) is 3. The standard InChI is InChI=1S/C14H18F3N5O/c15-14(16,17)10-22-8-11(7-18-22)19-13(23)21-6-3-12(9-21)20-4-1-2-5-20/h1-2,7-8,12H,3-6,9-10H2,(H,19,23)/t12-/m0/s1. The Bertz CT molecular complexity index is 589. The van der Waals surface area contributed by atoms with Gasteiger partial charge in [-0.2, -0.15) is 18.3 Å². The molecule has 1 aromatic heterocycles. The number of halogens is 3. The summed E-state index contributed by atoms with van der Waals surface area (Å²) in [5, 5.41) is 6.21. The maximum absolute atomic E-state index is 12.3. The Hall–Kier alpha value is -2.03. The molecule has 126 valence electrons. The molecule has 0 spiro atoms. The van der Waals surface area contributed by atoms with Gasteiger partial charge in [-0.1, -0.05) is 12.2 Å². The van der Waals surface area contributed by atoms with Crippen molar-refractivity contribution in [1.82, 2.24) is 19.6 Å². The van der Waals surface area contributed by atoms with Gasteiger partial charge in [0, 0.05) is 38.4 Å². The van der Waals surface area contributed by atoms with Crippen LogP contribution in [-0.4, -0.2) is 64.0 Å². The van der Waals surface area contributed by atoms with E-state index >= 15 is 0 Å². The maximum atomic E-state index is 12.3. The minimum absolute atomic E-state index is 0.269. The predicted molar refractivity (Wildman–Crippen MR) is 78.0 cm³/mol. The summed E-state index contributed by atoms with van der Waals surface area (Å²) in [6, 6.07) is 0.0370. The quantitative estimate of drug-likeness (QED) is 0.862. The first-order valence-corrected chi connectivity index (χ1v) is 7.45. The first-order chi connectivity index (χ1) is 10.9. The number of carbonyl (C=O) groups is 1. The van der Waals surface area contributed by atoms with Gasteiger partial charge >= 0.3 is 12.2 Å². The number of likely N-dealkylation sites (tertiary alicyclic amines) is 1. The van der Waals surface area contributed by atoms with Crippen LogP contribution < -0.4 is 5.32 Å². The van der Waals surface area contributed by atoms with Crippen molar-refractivity contribution >= 4 is 11.7 Å². The van der Waals surface area contributed by atoms with E-state index in [9.17, 15) is 18.0 Å². The number of hydrogen-bond donors (Lipinski definition) is 1. The normalized spacial score (nSPS) is 22.0. The molecule has 1 N–H and O–H groups in total. The Balaban J connectivity index is 1.51. The molecular weight excluding hydrogens is 311 g/mol. The van der Waals surface area contributed by atoms with Gasteiger partial charge in [0.25, 0.3) is 0 Å². The van der Waals surface area contributed by atoms with Crippen LogP contribution in [0.5, 0.6) is 0 Å². The number of nitrogens with one attached hydrogen (secondary N) is 1. The molecule has 1 fully saturated rings. The first kappa shape index (κ1) is 15.9. The zero-order valence-corrected chi connectivity index (χ0v) is 12.5. The van der Waals surface area contributed by atoms with Crippen molar-refractivity contribution in [3.63, 3.8) is 0 Å². The Labute approximate surface area is 131 Å². The number of alkyl halides is 3. The highest BCUT2D eigenvalue weighted by Crippen LogP contribution is 2.20. The summed E-state index contributed by atoms with van der Waals surface area (Å²) in [6.45, 7) is 1.92. The lowest BCUT2D eigenvalue weighted by atomic mass is 10.2. The second-order valence-electron chi connectivity index (χ2n) is 5.79. The molecular formula is C14H18F3N5O. The average molecular weight is 329 g/mol. The molecule has 2 amide bonds. The summed E-state index contributed by atoms with van der Waals surface area (Å²) in [6.07, 6.45) is 3.20. The highest BCUT2D eigenvalue weighted by atomic mass is 19.4. The predicted octanol–water partition coefficient (Wildman–Crippen LogP) is 1.92. The first-order valence-electron chi connectivity index (χ1n) is 7.45. The van der Waals surface area contributed by atoms with E-state index < -0.39 is 12.7 Å². The average Bonchev–Trinajstić information content (AvgIpc) is 3.17. The lowest BCUT2D eigenvalue weighted by molar-refractivity contribution is -0.142. The molecule has 3 heterocycles. The summed E-state index contributed by atoms with van der Waals surface area (Å²) >= 11 is 0. The van der Waals surface area contributed by atoms with Gasteiger partial charge in [0.05, 0.1) is 11.9 Å². The van der Waals surface area contributed by atoms with Crippen molar-refractivity contribution < 1.29 is 18.0 Å². The Kier molecular flexibility index (Phi) is 4.29. The number of aromatic nitrogens is 2. The number of rotatable bonds is 3. The van der Waals surface area contributed by atoms with Gasteiger partial charge in [-0.15, -0.1) is 0 Å². The fourth-order valence-corrected chi connectivity index (χ4v) is 2.92. The van der Waals surface area contributed by atoms with Crippen LogP contribution >= 0.6 is 0 Å². The van der Waals surface area contributed by atoms with Crippen LogP contribution in [0, 0.1) is 0 Å². The van der Waals surface area contributed by atoms with Crippen molar-refractivity contribution in [2.45, 2.75) is 25.2 Å². The van der Waals surface area contributed by atoms with Crippen LogP contribution in [0.2, 0.25) is 0 Å². The summed E-state index contributed by atoms with van der Waals surface area (Å²) in [5.41, 5.74) is 0.269. The fourth-order valence-electron chi connectivity index (χ4n) is 2.92.